The molecule has 0 saturated carbocycles. The molecule has 3 nitrogen and oxygen atoms in total. The lowest BCUT2D eigenvalue weighted by atomic mass is 9.79. The third-order valence-corrected chi connectivity index (χ3v) is 6.70. The van der Waals surface area contributed by atoms with Gasteiger partial charge < -0.3 is 14.9 Å². The van der Waals surface area contributed by atoms with Crippen LogP contribution in [0.4, 0.5) is 0 Å². The van der Waals surface area contributed by atoms with E-state index in [1.54, 1.807) is 11.3 Å². The quantitative estimate of drug-likeness (QED) is 0.364. The number of benzene rings is 2. The van der Waals surface area contributed by atoms with Crippen molar-refractivity contribution in [1.82, 2.24) is 0 Å². The van der Waals surface area contributed by atoms with Crippen molar-refractivity contribution in [2.24, 2.45) is 0 Å². The van der Waals surface area contributed by atoms with E-state index >= 15 is 0 Å². The van der Waals surface area contributed by atoms with Crippen molar-refractivity contribution in [1.29, 1.82) is 0 Å². The molecule has 0 fully saturated rings. The fourth-order valence-electron chi connectivity index (χ4n) is 3.58. The summed E-state index contributed by atoms with van der Waals surface area (Å²) in [6.07, 6.45) is 1.51. The highest BCUT2D eigenvalue weighted by Gasteiger charge is 2.23. The lowest BCUT2D eigenvalue weighted by Crippen LogP contribution is -2.16. The summed E-state index contributed by atoms with van der Waals surface area (Å²) in [7, 11) is 0. The molecule has 0 aliphatic rings. The van der Waals surface area contributed by atoms with Crippen LogP contribution < -0.4 is 4.74 Å². The van der Waals surface area contributed by atoms with Gasteiger partial charge in [0.15, 0.2) is 0 Å². The highest BCUT2D eigenvalue weighted by atomic mass is 32.1. The highest BCUT2D eigenvalue weighted by molar-refractivity contribution is 7.14. The number of hydrogen-bond acceptors (Lipinski definition) is 4. The molecule has 0 atom stereocenters. The Kier molecular flexibility index (Phi) is 7.36. The normalized spacial score (nSPS) is 12.2. The van der Waals surface area contributed by atoms with Crippen LogP contribution in [-0.2, 0) is 10.8 Å². The Morgan fingerprint density at radius 3 is 2.06 bits per heavy atom. The van der Waals surface area contributed by atoms with Crippen LogP contribution >= 0.6 is 11.3 Å². The maximum absolute atomic E-state index is 11.3. The minimum atomic E-state index is 0.0146. The Bertz CT molecular complexity index is 1020. The van der Waals surface area contributed by atoms with Crippen molar-refractivity contribution < 1.29 is 14.9 Å². The van der Waals surface area contributed by atoms with Crippen LogP contribution in [0.2, 0.25) is 0 Å². The Morgan fingerprint density at radius 2 is 1.47 bits per heavy atom. The van der Waals surface area contributed by atoms with E-state index in [9.17, 15) is 5.11 Å². The van der Waals surface area contributed by atoms with Gasteiger partial charge in [0.1, 0.15) is 11.5 Å². The lowest BCUT2D eigenvalue weighted by Gasteiger charge is -2.26. The fourth-order valence-corrected chi connectivity index (χ4v) is 4.53. The first-order valence-corrected chi connectivity index (χ1v) is 12.2. The SMILES string of the molecule is CC(C)(C)c1cc(-c2scc(-c3ccccc3OCCCCO)c2O)cc(C(C)(C)C)c1. The van der Waals surface area contributed by atoms with Crippen LogP contribution in [-0.4, -0.2) is 23.4 Å². The van der Waals surface area contributed by atoms with Gasteiger partial charge in [-0.1, -0.05) is 65.8 Å². The molecule has 0 bridgehead atoms. The van der Waals surface area contributed by atoms with E-state index < -0.39 is 0 Å². The van der Waals surface area contributed by atoms with Gasteiger partial charge in [-0.3, -0.25) is 0 Å². The first kappa shape index (κ1) is 24.3. The van der Waals surface area contributed by atoms with Crippen LogP contribution in [0, 0.1) is 0 Å². The second-order valence-corrected chi connectivity index (χ2v) is 11.3. The van der Waals surface area contributed by atoms with E-state index in [1.165, 1.54) is 11.1 Å². The molecule has 1 heterocycles. The molecule has 32 heavy (non-hydrogen) atoms. The number of hydrogen-bond donors (Lipinski definition) is 2. The van der Waals surface area contributed by atoms with Crippen molar-refractivity contribution in [3.8, 4) is 33.1 Å². The summed E-state index contributed by atoms with van der Waals surface area (Å²) >= 11 is 1.56. The third-order valence-electron chi connectivity index (χ3n) is 5.68. The zero-order valence-electron chi connectivity index (χ0n) is 20.2. The minimum Gasteiger partial charge on any atom is -0.506 e. The van der Waals surface area contributed by atoms with Gasteiger partial charge in [-0.15, -0.1) is 11.3 Å². The van der Waals surface area contributed by atoms with E-state index in [4.69, 9.17) is 9.84 Å². The molecule has 0 amide bonds. The fraction of sp³-hybridized carbons (Fsp3) is 0.429. The second kappa shape index (κ2) is 9.68. The molecule has 0 aliphatic heterocycles. The van der Waals surface area contributed by atoms with Gasteiger partial charge in [0.2, 0.25) is 0 Å². The highest BCUT2D eigenvalue weighted by Crippen LogP contribution is 2.47. The zero-order chi connectivity index (χ0) is 23.5. The van der Waals surface area contributed by atoms with Crippen LogP contribution in [0.25, 0.3) is 21.6 Å². The maximum Gasteiger partial charge on any atom is 0.142 e. The van der Waals surface area contributed by atoms with E-state index in [0.717, 1.165) is 40.2 Å². The van der Waals surface area contributed by atoms with Gasteiger partial charge in [-0.2, -0.15) is 0 Å². The van der Waals surface area contributed by atoms with Gasteiger partial charge in [-0.05, 0) is 58.6 Å². The largest absolute Gasteiger partial charge is 0.506 e. The lowest BCUT2D eigenvalue weighted by molar-refractivity contribution is 0.253. The number of aliphatic hydroxyl groups is 1. The molecular weight excluding hydrogens is 416 g/mol. The number of unbranched alkanes of at least 4 members (excludes halogenated alkanes) is 1. The van der Waals surface area contributed by atoms with E-state index in [0.29, 0.717) is 12.4 Å². The number of ether oxygens (including phenoxy) is 1. The summed E-state index contributed by atoms with van der Waals surface area (Å²) in [6.45, 7) is 14.1. The van der Waals surface area contributed by atoms with E-state index in [2.05, 4.69) is 59.7 Å². The summed E-state index contributed by atoms with van der Waals surface area (Å²) in [5, 5.41) is 22.3. The summed E-state index contributed by atoms with van der Waals surface area (Å²) < 4.78 is 5.97. The van der Waals surface area contributed by atoms with Crippen molar-refractivity contribution in [3.05, 3.63) is 59.0 Å². The molecule has 3 rings (SSSR count). The van der Waals surface area contributed by atoms with Crippen LogP contribution in [0.1, 0.15) is 65.5 Å². The Balaban J connectivity index is 2.04. The van der Waals surface area contributed by atoms with Crippen molar-refractivity contribution in [3.63, 3.8) is 0 Å². The first-order chi connectivity index (χ1) is 15.0. The van der Waals surface area contributed by atoms with Gasteiger partial charge >= 0.3 is 0 Å². The average Bonchev–Trinajstić information content (AvgIpc) is 3.11. The van der Waals surface area contributed by atoms with Gasteiger partial charge in [-0.25, -0.2) is 0 Å². The van der Waals surface area contributed by atoms with Gasteiger partial charge in [0.25, 0.3) is 0 Å². The predicted molar refractivity (Wildman–Crippen MR) is 136 cm³/mol. The Labute approximate surface area is 196 Å². The minimum absolute atomic E-state index is 0.0146. The Hall–Kier alpha value is -2.30. The number of rotatable bonds is 7. The van der Waals surface area contributed by atoms with Gasteiger partial charge in [0.05, 0.1) is 11.5 Å². The number of thiophene rings is 1. The van der Waals surface area contributed by atoms with Crippen molar-refractivity contribution in [2.45, 2.75) is 65.2 Å². The monoisotopic (exact) mass is 452 g/mol. The number of aliphatic hydroxyl groups excluding tert-OH is 1. The Morgan fingerprint density at radius 1 is 0.844 bits per heavy atom. The van der Waals surface area contributed by atoms with E-state index in [-0.39, 0.29) is 17.4 Å². The maximum atomic E-state index is 11.3. The molecule has 1 aromatic heterocycles. The molecule has 2 aromatic carbocycles. The molecule has 3 aromatic rings. The summed E-state index contributed by atoms with van der Waals surface area (Å²) in [5.41, 5.74) is 5.29. The molecule has 0 radical (unpaired) electrons. The van der Waals surface area contributed by atoms with Crippen molar-refractivity contribution in [2.75, 3.05) is 13.2 Å². The second-order valence-electron chi connectivity index (χ2n) is 10.4. The van der Waals surface area contributed by atoms with Crippen molar-refractivity contribution >= 4 is 11.3 Å². The van der Waals surface area contributed by atoms with Crippen LogP contribution in [0.5, 0.6) is 11.5 Å². The smallest absolute Gasteiger partial charge is 0.142 e. The number of aromatic hydroxyl groups is 1. The van der Waals surface area contributed by atoms with Gasteiger partial charge in [0, 0.05) is 23.1 Å². The zero-order valence-corrected chi connectivity index (χ0v) is 21.0. The molecule has 0 spiro atoms. The molecule has 172 valence electrons. The molecule has 2 N–H and O–H groups in total. The third kappa shape index (κ3) is 5.54. The molecule has 0 unspecified atom stereocenters. The molecular formula is C28H36O3S. The van der Waals surface area contributed by atoms with E-state index in [1.807, 2.05) is 29.6 Å². The van der Waals surface area contributed by atoms with Crippen LogP contribution in [0.15, 0.2) is 47.8 Å². The molecule has 4 heteroatoms. The summed E-state index contributed by atoms with van der Waals surface area (Å²) in [4.78, 5) is 0.881. The van der Waals surface area contributed by atoms with Crippen LogP contribution in [0.3, 0.4) is 0 Å². The number of para-hydroxylation sites is 1. The molecule has 0 aliphatic carbocycles. The average molecular weight is 453 g/mol. The topological polar surface area (TPSA) is 49.7 Å². The first-order valence-electron chi connectivity index (χ1n) is 11.3. The summed E-state index contributed by atoms with van der Waals surface area (Å²) in [5.74, 6) is 1.05. The summed E-state index contributed by atoms with van der Waals surface area (Å²) in [6, 6.07) is 14.5. The standard InChI is InChI=1S/C28H36O3S/c1-27(2,3)20-15-19(16-21(17-20)28(4,5)6)26-25(30)23(18-32-26)22-11-7-8-12-24(22)31-14-10-9-13-29/h7-8,11-12,15-18,29-30H,9-10,13-14H2,1-6H3. The predicted octanol–water partition coefficient (Wildman–Crippen LogP) is 7.53. The molecule has 0 saturated heterocycles.